The monoisotopic (exact) mass is 315 g/mol. The lowest BCUT2D eigenvalue weighted by molar-refractivity contribution is 0.414. The van der Waals surface area contributed by atoms with Gasteiger partial charge in [0, 0.05) is 33.4 Å². The van der Waals surface area contributed by atoms with Gasteiger partial charge in [0.1, 0.15) is 5.75 Å². The highest BCUT2D eigenvalue weighted by molar-refractivity contribution is 5.79. The number of aromatic nitrogens is 2. The topological polar surface area (TPSA) is 63.5 Å². The Labute approximate surface area is 137 Å². The number of aliphatic imine (C=N–C) groups is 1. The Morgan fingerprint density at radius 3 is 2.87 bits per heavy atom. The quantitative estimate of drug-likeness (QED) is 0.464. The molecule has 1 heterocycles. The minimum Gasteiger partial charge on any atom is -0.497 e. The Kier molecular flexibility index (Phi) is 6.47. The molecular weight excluding hydrogens is 290 g/mol. The molecule has 6 nitrogen and oxygen atoms in total. The number of nitrogens with one attached hydrogen (secondary N) is 2. The van der Waals surface area contributed by atoms with E-state index < -0.39 is 0 Å². The minimum atomic E-state index is 0.708. The summed E-state index contributed by atoms with van der Waals surface area (Å²) in [5, 5.41) is 10.8. The summed E-state index contributed by atoms with van der Waals surface area (Å²) >= 11 is 0. The van der Waals surface area contributed by atoms with E-state index in [4.69, 9.17) is 4.74 Å². The molecule has 1 aromatic carbocycles. The molecule has 2 rings (SSSR count). The number of hydrogen-bond acceptors (Lipinski definition) is 3. The fraction of sp³-hybridized carbons (Fsp3) is 0.412. The predicted molar refractivity (Wildman–Crippen MR) is 92.7 cm³/mol. The molecule has 0 bridgehead atoms. The van der Waals surface area contributed by atoms with Gasteiger partial charge in [0.25, 0.3) is 0 Å². The molecule has 2 aromatic rings. The average molecular weight is 315 g/mol. The van der Waals surface area contributed by atoms with Gasteiger partial charge in [-0.1, -0.05) is 12.1 Å². The molecule has 0 radical (unpaired) electrons. The van der Waals surface area contributed by atoms with Crippen molar-refractivity contribution in [3.63, 3.8) is 0 Å². The summed E-state index contributed by atoms with van der Waals surface area (Å²) in [6.45, 7) is 1.58. The zero-order valence-corrected chi connectivity index (χ0v) is 14.0. The van der Waals surface area contributed by atoms with Gasteiger partial charge in [-0.2, -0.15) is 5.10 Å². The molecule has 0 amide bonds. The third-order valence-corrected chi connectivity index (χ3v) is 3.51. The van der Waals surface area contributed by atoms with Crippen LogP contribution in [-0.4, -0.2) is 36.4 Å². The van der Waals surface area contributed by atoms with Crippen molar-refractivity contribution in [2.75, 3.05) is 20.7 Å². The summed E-state index contributed by atoms with van der Waals surface area (Å²) in [7, 11) is 5.39. The average Bonchev–Trinajstić information content (AvgIpc) is 2.99. The number of methoxy groups -OCH3 is 1. The summed E-state index contributed by atoms with van der Waals surface area (Å²) in [4.78, 5) is 4.24. The first-order chi connectivity index (χ1) is 11.2. The molecule has 0 atom stereocenters. The van der Waals surface area contributed by atoms with Crippen LogP contribution in [0.15, 0.2) is 41.7 Å². The SMILES string of the molecule is CN=C(NCCCc1cnn(C)c1)NCc1cccc(OC)c1. The summed E-state index contributed by atoms with van der Waals surface area (Å²) < 4.78 is 7.06. The van der Waals surface area contributed by atoms with Crippen LogP contribution in [-0.2, 0) is 20.0 Å². The van der Waals surface area contributed by atoms with E-state index in [1.165, 1.54) is 5.56 Å². The predicted octanol–water partition coefficient (Wildman–Crippen LogP) is 1.73. The number of benzene rings is 1. The summed E-state index contributed by atoms with van der Waals surface area (Å²) in [5.74, 6) is 1.67. The first-order valence-corrected chi connectivity index (χ1v) is 7.76. The van der Waals surface area contributed by atoms with Crippen LogP contribution in [0.1, 0.15) is 17.5 Å². The lowest BCUT2D eigenvalue weighted by atomic mass is 10.2. The van der Waals surface area contributed by atoms with Crippen LogP contribution in [0.4, 0.5) is 0 Å². The second-order valence-electron chi connectivity index (χ2n) is 5.33. The number of hydrogen-bond donors (Lipinski definition) is 2. The van der Waals surface area contributed by atoms with E-state index in [9.17, 15) is 0 Å². The van der Waals surface area contributed by atoms with Crippen molar-refractivity contribution in [1.82, 2.24) is 20.4 Å². The van der Waals surface area contributed by atoms with Gasteiger partial charge in [0.05, 0.1) is 13.3 Å². The van der Waals surface area contributed by atoms with Gasteiger partial charge in [0.2, 0.25) is 0 Å². The van der Waals surface area contributed by atoms with Gasteiger partial charge in [0.15, 0.2) is 5.96 Å². The molecule has 0 unspecified atom stereocenters. The van der Waals surface area contributed by atoms with E-state index in [1.54, 1.807) is 14.2 Å². The Morgan fingerprint density at radius 1 is 1.30 bits per heavy atom. The lowest BCUT2D eigenvalue weighted by Crippen LogP contribution is -2.37. The highest BCUT2D eigenvalue weighted by Gasteiger charge is 2.00. The second kappa shape index (κ2) is 8.82. The zero-order chi connectivity index (χ0) is 16.5. The van der Waals surface area contributed by atoms with Gasteiger partial charge in [-0.05, 0) is 36.1 Å². The van der Waals surface area contributed by atoms with Crippen molar-refractivity contribution in [1.29, 1.82) is 0 Å². The van der Waals surface area contributed by atoms with Crippen molar-refractivity contribution in [3.05, 3.63) is 47.8 Å². The molecule has 0 fully saturated rings. The van der Waals surface area contributed by atoms with Crippen molar-refractivity contribution in [2.24, 2.45) is 12.0 Å². The van der Waals surface area contributed by atoms with Gasteiger partial charge >= 0.3 is 0 Å². The largest absolute Gasteiger partial charge is 0.497 e. The summed E-state index contributed by atoms with van der Waals surface area (Å²) in [6.07, 6.45) is 6.00. The molecule has 124 valence electrons. The van der Waals surface area contributed by atoms with Crippen LogP contribution in [0.5, 0.6) is 5.75 Å². The van der Waals surface area contributed by atoms with E-state index in [0.29, 0.717) is 6.54 Å². The van der Waals surface area contributed by atoms with Crippen molar-refractivity contribution in [3.8, 4) is 5.75 Å². The maximum absolute atomic E-state index is 5.23. The highest BCUT2D eigenvalue weighted by atomic mass is 16.5. The number of nitrogens with zero attached hydrogens (tertiary/aromatic N) is 3. The molecule has 0 aliphatic heterocycles. The normalized spacial score (nSPS) is 11.3. The van der Waals surface area contributed by atoms with Gasteiger partial charge in [-0.3, -0.25) is 9.67 Å². The Balaban J connectivity index is 1.70. The van der Waals surface area contributed by atoms with E-state index >= 15 is 0 Å². The third-order valence-electron chi connectivity index (χ3n) is 3.51. The standard InChI is InChI=1S/C17H25N5O/c1-18-17(19-9-5-7-15-12-21-22(2)13-15)20-11-14-6-4-8-16(10-14)23-3/h4,6,8,10,12-13H,5,7,9,11H2,1-3H3,(H2,18,19,20). The van der Waals surface area contributed by atoms with Crippen molar-refractivity contribution >= 4 is 5.96 Å². The number of guanidine groups is 1. The van der Waals surface area contributed by atoms with E-state index in [-0.39, 0.29) is 0 Å². The molecular formula is C17H25N5O. The molecule has 2 N–H and O–H groups in total. The molecule has 6 heteroatoms. The number of rotatable bonds is 7. The van der Waals surface area contributed by atoms with Crippen LogP contribution in [0.3, 0.4) is 0 Å². The molecule has 0 saturated carbocycles. The molecule has 0 aliphatic carbocycles. The summed E-state index contributed by atoms with van der Waals surface area (Å²) in [5.41, 5.74) is 2.41. The van der Waals surface area contributed by atoms with Crippen molar-refractivity contribution in [2.45, 2.75) is 19.4 Å². The Morgan fingerprint density at radius 2 is 2.17 bits per heavy atom. The molecule has 0 saturated heterocycles. The Bertz CT molecular complexity index is 635. The van der Waals surface area contributed by atoms with Crippen LogP contribution in [0.2, 0.25) is 0 Å². The minimum absolute atomic E-state index is 0.708. The Hall–Kier alpha value is -2.50. The summed E-state index contributed by atoms with van der Waals surface area (Å²) in [6, 6.07) is 8.00. The third kappa shape index (κ3) is 5.65. The van der Waals surface area contributed by atoms with Crippen LogP contribution in [0, 0.1) is 0 Å². The first kappa shape index (κ1) is 16.9. The van der Waals surface area contributed by atoms with E-state index in [1.807, 2.05) is 36.1 Å². The van der Waals surface area contributed by atoms with Crippen LogP contribution < -0.4 is 15.4 Å². The first-order valence-electron chi connectivity index (χ1n) is 7.76. The number of ether oxygens (including phenoxy) is 1. The van der Waals surface area contributed by atoms with Crippen molar-refractivity contribution < 1.29 is 4.74 Å². The fourth-order valence-electron chi connectivity index (χ4n) is 2.29. The molecule has 0 aliphatic rings. The van der Waals surface area contributed by atoms with Gasteiger partial charge in [-0.15, -0.1) is 0 Å². The maximum atomic E-state index is 5.23. The van der Waals surface area contributed by atoms with E-state index in [0.717, 1.165) is 36.7 Å². The van der Waals surface area contributed by atoms with E-state index in [2.05, 4.69) is 33.0 Å². The second-order valence-corrected chi connectivity index (χ2v) is 5.33. The molecule has 1 aromatic heterocycles. The molecule has 0 spiro atoms. The van der Waals surface area contributed by atoms with Crippen LogP contribution in [0.25, 0.3) is 0 Å². The van der Waals surface area contributed by atoms with Crippen LogP contribution >= 0.6 is 0 Å². The van der Waals surface area contributed by atoms with Gasteiger partial charge < -0.3 is 15.4 Å². The smallest absolute Gasteiger partial charge is 0.191 e. The highest BCUT2D eigenvalue weighted by Crippen LogP contribution is 2.12. The molecule has 23 heavy (non-hydrogen) atoms. The lowest BCUT2D eigenvalue weighted by Gasteiger charge is -2.12. The maximum Gasteiger partial charge on any atom is 0.191 e. The fourth-order valence-corrected chi connectivity index (χ4v) is 2.29. The van der Waals surface area contributed by atoms with Gasteiger partial charge in [-0.25, -0.2) is 0 Å². The number of aryl methyl sites for hydroxylation is 2. The zero-order valence-electron chi connectivity index (χ0n) is 14.0.